The van der Waals surface area contributed by atoms with Crippen molar-refractivity contribution in [2.45, 2.75) is 52.1 Å². The summed E-state index contributed by atoms with van der Waals surface area (Å²) in [4.78, 5) is 41.9. The van der Waals surface area contributed by atoms with Gasteiger partial charge >= 0.3 is 6.01 Å². The molecule has 0 saturated carbocycles. The summed E-state index contributed by atoms with van der Waals surface area (Å²) in [6.45, 7) is 5.52. The highest BCUT2D eigenvalue weighted by Crippen LogP contribution is 2.15. The van der Waals surface area contributed by atoms with Gasteiger partial charge in [-0.2, -0.15) is 9.36 Å². The van der Waals surface area contributed by atoms with Crippen LogP contribution in [0.5, 0.6) is 6.01 Å². The van der Waals surface area contributed by atoms with Gasteiger partial charge in [-0.3, -0.25) is 14.4 Å². The monoisotopic (exact) mass is 500 g/mol. The van der Waals surface area contributed by atoms with Crippen molar-refractivity contribution in [1.29, 1.82) is 0 Å². The van der Waals surface area contributed by atoms with Gasteiger partial charge in [0.15, 0.2) is 0 Å². The molecule has 184 valence electrons. The number of hydrogen-bond acceptors (Lipinski definition) is 13. The van der Waals surface area contributed by atoms with E-state index in [1.807, 2.05) is 0 Å². The summed E-state index contributed by atoms with van der Waals surface area (Å²) < 4.78 is 12.8. The minimum Gasteiger partial charge on any atom is -0.466 e. The molecule has 2 unspecified atom stereocenters. The van der Waals surface area contributed by atoms with Crippen LogP contribution in [0.4, 0.5) is 10.3 Å². The summed E-state index contributed by atoms with van der Waals surface area (Å²) in [5.74, 6) is 0.663. The van der Waals surface area contributed by atoms with Gasteiger partial charge in [0.2, 0.25) is 16.2 Å². The maximum Gasteiger partial charge on any atom is 0.329 e. The van der Waals surface area contributed by atoms with Gasteiger partial charge in [-0.25, -0.2) is 4.98 Å². The summed E-state index contributed by atoms with van der Waals surface area (Å²) in [7, 11) is 5.01. The number of carbonyl (C=O) groups is 3. The van der Waals surface area contributed by atoms with Crippen LogP contribution >= 0.6 is 23.1 Å². The van der Waals surface area contributed by atoms with Gasteiger partial charge in [-0.15, -0.1) is 4.37 Å². The first-order valence-electron chi connectivity index (χ1n) is 10.3. The van der Waals surface area contributed by atoms with E-state index in [1.165, 1.54) is 25.6 Å². The number of nitrogens with one attached hydrogen (secondary N) is 4. The van der Waals surface area contributed by atoms with Crippen molar-refractivity contribution in [2.24, 2.45) is 0 Å². The Labute approximate surface area is 201 Å². The molecule has 14 heteroatoms. The number of amides is 1. The molecule has 0 saturated heterocycles. The van der Waals surface area contributed by atoms with Crippen LogP contribution in [0.1, 0.15) is 38.9 Å². The van der Waals surface area contributed by atoms with E-state index in [0.717, 1.165) is 11.5 Å². The number of methoxy groups -OCH3 is 1. The van der Waals surface area contributed by atoms with Crippen LogP contribution in [0.25, 0.3) is 0 Å². The van der Waals surface area contributed by atoms with Gasteiger partial charge in [0.25, 0.3) is 0 Å². The largest absolute Gasteiger partial charge is 0.466 e. The first-order chi connectivity index (χ1) is 15.7. The van der Waals surface area contributed by atoms with Gasteiger partial charge in [0.05, 0.1) is 19.2 Å². The Morgan fingerprint density at radius 1 is 0.939 bits per heavy atom. The fourth-order valence-electron chi connectivity index (χ4n) is 2.59. The average molecular weight is 501 g/mol. The van der Waals surface area contributed by atoms with E-state index in [4.69, 9.17) is 4.74 Å². The Hall–Kier alpha value is -2.55. The maximum atomic E-state index is 11.6. The summed E-state index contributed by atoms with van der Waals surface area (Å²) in [5.41, 5.74) is 0. The molecule has 0 spiro atoms. The molecule has 2 aromatic heterocycles. The van der Waals surface area contributed by atoms with Crippen molar-refractivity contribution in [3.05, 3.63) is 5.82 Å². The van der Waals surface area contributed by atoms with E-state index in [0.29, 0.717) is 41.5 Å². The molecule has 2 aromatic rings. The number of ether oxygens (including phenoxy) is 1. The predicted octanol–water partition coefficient (Wildman–Crippen LogP) is 1.27. The van der Waals surface area contributed by atoms with Crippen molar-refractivity contribution in [1.82, 2.24) is 29.3 Å². The Bertz CT molecular complexity index is 889. The van der Waals surface area contributed by atoms with E-state index in [9.17, 15) is 14.4 Å². The number of carbonyl (C=O) groups excluding carboxylic acids is 3. The molecule has 0 aliphatic heterocycles. The lowest BCUT2D eigenvalue weighted by Gasteiger charge is -2.12. The third kappa shape index (κ3) is 11.2. The summed E-state index contributed by atoms with van der Waals surface area (Å²) in [6, 6.07) is -0.0107. The quantitative estimate of drug-likeness (QED) is 0.313. The van der Waals surface area contributed by atoms with Crippen molar-refractivity contribution in [2.75, 3.05) is 38.4 Å². The van der Waals surface area contributed by atoms with Gasteiger partial charge in [0.1, 0.15) is 17.4 Å². The fourth-order valence-corrected chi connectivity index (χ4v) is 3.75. The second kappa shape index (κ2) is 15.3. The van der Waals surface area contributed by atoms with Crippen LogP contribution in [0.15, 0.2) is 0 Å². The average Bonchev–Trinajstić information content (AvgIpc) is 3.40. The van der Waals surface area contributed by atoms with E-state index >= 15 is 0 Å². The van der Waals surface area contributed by atoms with Gasteiger partial charge in [-0.05, 0) is 47.7 Å². The molecule has 0 bridgehead atoms. The lowest BCUT2D eigenvalue weighted by atomic mass is 10.1. The molecule has 0 aliphatic carbocycles. The number of nitrogens with zero attached hydrogens (tertiary/aromatic N) is 4. The Kier molecular flexibility index (Phi) is 13.2. The summed E-state index contributed by atoms with van der Waals surface area (Å²) >= 11 is 2.39. The van der Waals surface area contributed by atoms with E-state index < -0.39 is 0 Å². The number of anilines is 2. The predicted molar refractivity (Wildman–Crippen MR) is 129 cm³/mol. The van der Waals surface area contributed by atoms with Crippen molar-refractivity contribution < 1.29 is 19.1 Å². The van der Waals surface area contributed by atoms with Crippen LogP contribution < -0.4 is 26.0 Å². The van der Waals surface area contributed by atoms with E-state index in [1.54, 1.807) is 27.9 Å². The highest BCUT2D eigenvalue weighted by molar-refractivity contribution is 7.10. The Morgan fingerprint density at radius 3 is 2.03 bits per heavy atom. The highest BCUT2D eigenvalue weighted by Gasteiger charge is 2.14. The summed E-state index contributed by atoms with van der Waals surface area (Å²) in [6.07, 6.45) is 1.48. The minimum absolute atomic E-state index is 0.0343. The SMILES string of the molecule is CNC(CCC(=O)Nc1nc(C)ns1)C(C)=O.CNC(CCNc1nc(OC)ns1)C(C)=O. The molecule has 2 atom stereocenters. The van der Waals surface area contributed by atoms with Crippen LogP contribution in [-0.4, -0.2) is 76.0 Å². The normalized spacial score (nSPS) is 12.2. The van der Waals surface area contributed by atoms with Gasteiger partial charge in [-0.1, -0.05) is 0 Å². The first kappa shape index (κ1) is 28.5. The summed E-state index contributed by atoms with van der Waals surface area (Å²) in [5, 5.41) is 12.8. The third-order valence-electron chi connectivity index (χ3n) is 4.41. The lowest BCUT2D eigenvalue weighted by molar-refractivity contribution is -0.120. The molecule has 2 heterocycles. The molecule has 0 radical (unpaired) electrons. The second-order valence-electron chi connectivity index (χ2n) is 6.94. The van der Waals surface area contributed by atoms with E-state index in [2.05, 4.69) is 40.0 Å². The molecular formula is C19H32N8O4S2. The number of hydrogen-bond donors (Lipinski definition) is 4. The zero-order valence-electron chi connectivity index (χ0n) is 19.7. The molecule has 0 fully saturated rings. The number of ketones is 2. The van der Waals surface area contributed by atoms with Gasteiger partial charge in [0, 0.05) is 36.0 Å². The number of rotatable bonds is 13. The molecule has 1 amide bonds. The molecule has 0 aromatic carbocycles. The van der Waals surface area contributed by atoms with Crippen molar-refractivity contribution in [3.63, 3.8) is 0 Å². The van der Waals surface area contributed by atoms with Gasteiger partial charge < -0.3 is 26.0 Å². The van der Waals surface area contributed by atoms with Crippen LogP contribution in [0.2, 0.25) is 0 Å². The maximum absolute atomic E-state index is 11.6. The number of likely N-dealkylation sites (N-methyl/N-ethyl adjacent to an activating group) is 2. The molecule has 33 heavy (non-hydrogen) atoms. The topological polar surface area (TPSA) is 160 Å². The third-order valence-corrected chi connectivity index (χ3v) is 5.79. The van der Waals surface area contributed by atoms with Crippen molar-refractivity contribution in [3.8, 4) is 6.01 Å². The van der Waals surface area contributed by atoms with Crippen LogP contribution in [-0.2, 0) is 14.4 Å². The number of aryl methyl sites for hydroxylation is 1. The first-order valence-corrected chi connectivity index (χ1v) is 11.8. The minimum atomic E-state index is -0.267. The fraction of sp³-hybridized carbons (Fsp3) is 0.632. The number of aromatic nitrogens is 4. The van der Waals surface area contributed by atoms with Crippen molar-refractivity contribution >= 4 is 50.8 Å². The van der Waals surface area contributed by atoms with E-state index in [-0.39, 0.29) is 36.0 Å². The second-order valence-corrected chi connectivity index (χ2v) is 8.44. The lowest BCUT2D eigenvalue weighted by Crippen LogP contribution is -2.34. The molecular weight excluding hydrogens is 468 g/mol. The Balaban J connectivity index is 0.000000331. The van der Waals surface area contributed by atoms with Crippen LogP contribution in [0.3, 0.4) is 0 Å². The molecule has 2 rings (SSSR count). The van der Waals surface area contributed by atoms with Crippen LogP contribution in [0, 0.1) is 6.92 Å². The zero-order valence-corrected chi connectivity index (χ0v) is 21.4. The number of Topliss-reactive ketones (excluding diaryl/α,β-unsaturated/α-hetero) is 2. The standard InChI is InChI=1S/C10H16N4O2S.C9H16N4O2S/c1-6(15)8(11-3)4-5-9(16)13-10-12-7(2)14-17-10;1-6(14)7(10-2)4-5-11-9-12-8(15-3)13-16-9/h8,11H,4-5H2,1-3H3,(H,12,13,14,16);7,10H,4-5H2,1-3H3,(H,11,12,13). The zero-order chi connectivity index (χ0) is 24.8. The molecule has 4 N–H and O–H groups in total. The molecule has 0 aliphatic rings. The molecule has 12 nitrogen and oxygen atoms in total. The smallest absolute Gasteiger partial charge is 0.329 e. The highest BCUT2D eigenvalue weighted by atomic mass is 32.1. The Morgan fingerprint density at radius 2 is 1.55 bits per heavy atom.